The zero-order chi connectivity index (χ0) is 7.78. The molecule has 0 amide bonds. The largest absolute Gasteiger partial charge is 0.458 e. The Balaban J connectivity index is 2.63. The summed E-state index contributed by atoms with van der Waals surface area (Å²) in [5.41, 5.74) is -0.278. The molecule has 0 saturated carbocycles. The van der Waals surface area contributed by atoms with Gasteiger partial charge in [-0.25, -0.2) is 0 Å². The zero-order valence-corrected chi connectivity index (χ0v) is 7.33. The van der Waals surface area contributed by atoms with Crippen molar-refractivity contribution < 1.29 is 9.53 Å². The predicted molar refractivity (Wildman–Crippen MR) is 42.1 cm³/mol. The molecule has 58 valence electrons. The van der Waals surface area contributed by atoms with Gasteiger partial charge in [-0.1, -0.05) is 0 Å². The molecule has 0 unspecified atom stereocenters. The van der Waals surface area contributed by atoms with Gasteiger partial charge in [0.2, 0.25) is 0 Å². The quantitative estimate of drug-likeness (QED) is 0.502. The van der Waals surface area contributed by atoms with E-state index in [0.29, 0.717) is 11.0 Å². The highest BCUT2D eigenvalue weighted by atomic mass is 32.2. The van der Waals surface area contributed by atoms with Gasteiger partial charge in [0.1, 0.15) is 5.60 Å². The van der Waals surface area contributed by atoms with Crippen LogP contribution in [0.15, 0.2) is 0 Å². The fourth-order valence-corrected chi connectivity index (χ4v) is 1.69. The van der Waals surface area contributed by atoms with E-state index in [1.807, 2.05) is 13.8 Å². The second kappa shape index (κ2) is 2.46. The van der Waals surface area contributed by atoms with Gasteiger partial charge in [-0.05, 0) is 20.8 Å². The van der Waals surface area contributed by atoms with E-state index in [2.05, 4.69) is 6.92 Å². The van der Waals surface area contributed by atoms with Crippen LogP contribution in [0.1, 0.15) is 20.8 Å². The van der Waals surface area contributed by atoms with Gasteiger partial charge in [-0.15, -0.1) is 11.8 Å². The third-order valence-electron chi connectivity index (χ3n) is 1.81. The molecule has 1 rings (SSSR count). The van der Waals surface area contributed by atoms with Gasteiger partial charge in [-0.3, -0.25) is 4.79 Å². The standard InChI is InChI=1S/C7H12O2S/c1-5-7(2,3)9-6(8)4-10-5/h5H,4H2,1-3H3/t5-/m1/s1. The number of thioether (sulfide) groups is 1. The number of cyclic esters (lactones) is 1. The molecule has 0 aliphatic carbocycles. The molecule has 3 heteroatoms. The molecule has 0 aromatic rings. The Kier molecular flexibility index (Phi) is 1.95. The lowest BCUT2D eigenvalue weighted by Gasteiger charge is -2.34. The monoisotopic (exact) mass is 160 g/mol. The Bertz CT molecular complexity index is 154. The highest BCUT2D eigenvalue weighted by molar-refractivity contribution is 8.00. The van der Waals surface area contributed by atoms with Gasteiger partial charge in [-0.2, -0.15) is 0 Å². The Morgan fingerprint density at radius 2 is 2.30 bits per heavy atom. The average molecular weight is 160 g/mol. The summed E-state index contributed by atoms with van der Waals surface area (Å²) in [7, 11) is 0. The van der Waals surface area contributed by atoms with Crippen molar-refractivity contribution in [3.8, 4) is 0 Å². The van der Waals surface area contributed by atoms with E-state index in [9.17, 15) is 4.79 Å². The fraction of sp³-hybridized carbons (Fsp3) is 0.857. The normalized spacial score (nSPS) is 31.5. The maximum Gasteiger partial charge on any atom is 0.316 e. The van der Waals surface area contributed by atoms with Crippen LogP contribution in [0, 0.1) is 0 Å². The zero-order valence-electron chi connectivity index (χ0n) is 6.51. The van der Waals surface area contributed by atoms with Crippen molar-refractivity contribution in [3.63, 3.8) is 0 Å². The summed E-state index contributed by atoms with van der Waals surface area (Å²) in [6.45, 7) is 5.97. The SMILES string of the molecule is C[C@H]1SCC(=O)OC1(C)C. The summed E-state index contributed by atoms with van der Waals surface area (Å²) < 4.78 is 5.13. The first-order valence-electron chi connectivity index (χ1n) is 3.36. The van der Waals surface area contributed by atoms with Crippen molar-refractivity contribution in [2.75, 3.05) is 5.75 Å². The third kappa shape index (κ3) is 1.45. The Morgan fingerprint density at radius 3 is 2.70 bits per heavy atom. The van der Waals surface area contributed by atoms with Crippen LogP contribution in [0.4, 0.5) is 0 Å². The second-order valence-electron chi connectivity index (χ2n) is 3.03. The fourth-order valence-electron chi connectivity index (χ4n) is 0.800. The van der Waals surface area contributed by atoms with Gasteiger partial charge in [0.15, 0.2) is 0 Å². The number of ether oxygens (including phenoxy) is 1. The summed E-state index contributed by atoms with van der Waals surface area (Å²) in [5.74, 6) is 0.415. The Hall–Kier alpha value is -0.180. The van der Waals surface area contributed by atoms with Crippen molar-refractivity contribution in [1.29, 1.82) is 0 Å². The van der Waals surface area contributed by atoms with Crippen LogP contribution in [0.3, 0.4) is 0 Å². The van der Waals surface area contributed by atoms with E-state index >= 15 is 0 Å². The van der Waals surface area contributed by atoms with E-state index in [-0.39, 0.29) is 11.6 Å². The number of esters is 1. The number of rotatable bonds is 0. The molecule has 0 spiro atoms. The van der Waals surface area contributed by atoms with E-state index in [0.717, 1.165) is 0 Å². The molecule has 1 atom stereocenters. The van der Waals surface area contributed by atoms with Crippen LogP contribution in [-0.2, 0) is 9.53 Å². The van der Waals surface area contributed by atoms with Crippen molar-refractivity contribution in [1.82, 2.24) is 0 Å². The van der Waals surface area contributed by atoms with Crippen LogP contribution in [0.25, 0.3) is 0 Å². The van der Waals surface area contributed by atoms with E-state index < -0.39 is 0 Å². The maximum absolute atomic E-state index is 10.8. The molecule has 1 fully saturated rings. The van der Waals surface area contributed by atoms with Crippen LogP contribution >= 0.6 is 11.8 Å². The minimum atomic E-state index is -0.278. The third-order valence-corrected chi connectivity index (χ3v) is 3.28. The lowest BCUT2D eigenvalue weighted by Crippen LogP contribution is -2.42. The molecule has 10 heavy (non-hydrogen) atoms. The van der Waals surface area contributed by atoms with Crippen molar-refractivity contribution in [2.24, 2.45) is 0 Å². The molecular formula is C7H12O2S. The highest BCUT2D eigenvalue weighted by Crippen LogP contribution is 2.30. The minimum absolute atomic E-state index is 0.0897. The molecule has 0 bridgehead atoms. The van der Waals surface area contributed by atoms with Crippen LogP contribution in [-0.4, -0.2) is 22.6 Å². The first kappa shape index (κ1) is 7.92. The summed E-state index contributed by atoms with van der Waals surface area (Å²) in [4.78, 5) is 10.8. The van der Waals surface area contributed by atoms with E-state index in [1.54, 1.807) is 11.8 Å². The summed E-state index contributed by atoms with van der Waals surface area (Å²) in [5, 5.41) is 0.408. The van der Waals surface area contributed by atoms with Gasteiger partial charge in [0.05, 0.1) is 5.75 Å². The van der Waals surface area contributed by atoms with Crippen molar-refractivity contribution in [3.05, 3.63) is 0 Å². The van der Waals surface area contributed by atoms with Crippen LogP contribution in [0.5, 0.6) is 0 Å². The maximum atomic E-state index is 10.8. The molecule has 1 aliphatic heterocycles. The molecule has 2 nitrogen and oxygen atoms in total. The predicted octanol–water partition coefficient (Wildman–Crippen LogP) is 1.44. The van der Waals surface area contributed by atoms with Crippen molar-refractivity contribution in [2.45, 2.75) is 31.6 Å². The van der Waals surface area contributed by atoms with Gasteiger partial charge >= 0.3 is 5.97 Å². The first-order valence-corrected chi connectivity index (χ1v) is 4.41. The molecule has 1 saturated heterocycles. The number of hydrogen-bond acceptors (Lipinski definition) is 3. The molecule has 1 heterocycles. The Morgan fingerprint density at radius 1 is 1.70 bits per heavy atom. The molecule has 0 aromatic carbocycles. The number of carbonyl (C=O) groups is 1. The number of hydrogen-bond donors (Lipinski definition) is 0. The van der Waals surface area contributed by atoms with Gasteiger partial charge in [0.25, 0.3) is 0 Å². The summed E-state index contributed by atoms with van der Waals surface area (Å²) >= 11 is 1.66. The van der Waals surface area contributed by atoms with Crippen LogP contribution in [0.2, 0.25) is 0 Å². The lowest BCUT2D eigenvalue weighted by atomic mass is 10.1. The molecule has 0 aromatic heterocycles. The first-order chi connectivity index (χ1) is 4.52. The Labute approximate surface area is 65.3 Å². The molecular weight excluding hydrogens is 148 g/mol. The second-order valence-corrected chi connectivity index (χ2v) is 4.36. The lowest BCUT2D eigenvalue weighted by molar-refractivity contribution is -0.154. The highest BCUT2D eigenvalue weighted by Gasteiger charge is 2.34. The van der Waals surface area contributed by atoms with Crippen LogP contribution < -0.4 is 0 Å². The number of carbonyl (C=O) groups excluding carboxylic acids is 1. The minimum Gasteiger partial charge on any atom is -0.458 e. The molecule has 0 N–H and O–H groups in total. The van der Waals surface area contributed by atoms with Gasteiger partial charge in [0, 0.05) is 5.25 Å². The summed E-state index contributed by atoms with van der Waals surface area (Å²) in [6, 6.07) is 0. The smallest absolute Gasteiger partial charge is 0.316 e. The summed E-state index contributed by atoms with van der Waals surface area (Å²) in [6.07, 6.45) is 0. The van der Waals surface area contributed by atoms with Crippen molar-refractivity contribution >= 4 is 17.7 Å². The average Bonchev–Trinajstić information content (AvgIpc) is 1.78. The van der Waals surface area contributed by atoms with E-state index in [1.165, 1.54) is 0 Å². The topological polar surface area (TPSA) is 26.3 Å². The van der Waals surface area contributed by atoms with Gasteiger partial charge < -0.3 is 4.74 Å². The van der Waals surface area contributed by atoms with E-state index in [4.69, 9.17) is 4.74 Å². The molecule has 0 radical (unpaired) electrons. The molecule has 1 aliphatic rings.